The Morgan fingerprint density at radius 1 is 0.735 bits per heavy atom. The van der Waals surface area contributed by atoms with Crippen LogP contribution in [-0.2, 0) is 23.5 Å². The third kappa shape index (κ3) is 7.55. The molecule has 3 amide bonds. The zero-order chi connectivity index (χ0) is 35.0. The summed E-state index contributed by atoms with van der Waals surface area (Å²) in [6, 6.07) is 17.9. The number of ether oxygens (including phenoxy) is 1. The fourth-order valence-corrected chi connectivity index (χ4v) is 7.18. The molecule has 260 valence electrons. The van der Waals surface area contributed by atoms with Gasteiger partial charge in [0.2, 0.25) is 0 Å². The van der Waals surface area contributed by atoms with E-state index in [0.717, 1.165) is 5.56 Å². The van der Waals surface area contributed by atoms with Crippen molar-refractivity contribution in [1.29, 1.82) is 0 Å². The smallest absolute Gasteiger partial charge is 0.416 e. The Kier molecular flexibility index (Phi) is 9.38. The molecule has 0 saturated carbocycles. The van der Waals surface area contributed by atoms with E-state index < -0.39 is 52.7 Å². The van der Waals surface area contributed by atoms with Crippen LogP contribution < -0.4 is 0 Å². The Hall–Kier alpha value is -4.55. The summed E-state index contributed by atoms with van der Waals surface area (Å²) in [5.41, 5.74) is -3.10. The summed E-state index contributed by atoms with van der Waals surface area (Å²) in [4.78, 5) is 44.9. The van der Waals surface area contributed by atoms with Gasteiger partial charge >= 0.3 is 18.4 Å². The highest BCUT2D eigenvalue weighted by atomic mass is 19.4. The molecule has 3 heterocycles. The van der Waals surface area contributed by atoms with Gasteiger partial charge in [-0.3, -0.25) is 9.59 Å². The first-order valence-corrected chi connectivity index (χ1v) is 16.2. The Labute approximate surface area is 279 Å². The minimum absolute atomic E-state index is 0.00416. The second-order valence-electron chi connectivity index (χ2n) is 13.0. The van der Waals surface area contributed by atoms with Crippen LogP contribution in [0.25, 0.3) is 0 Å². The van der Waals surface area contributed by atoms with Crippen LogP contribution in [0.3, 0.4) is 0 Å². The number of nitrogens with zero attached hydrogens (tertiary/aromatic N) is 3. The molecule has 0 aliphatic carbocycles. The zero-order valence-corrected chi connectivity index (χ0v) is 26.5. The normalized spacial score (nSPS) is 21.4. The summed E-state index contributed by atoms with van der Waals surface area (Å²) in [5.74, 6) is -1.02. The molecule has 3 saturated heterocycles. The van der Waals surface area contributed by atoms with Crippen LogP contribution in [0.2, 0.25) is 0 Å². The highest BCUT2D eigenvalue weighted by Crippen LogP contribution is 2.39. The summed E-state index contributed by atoms with van der Waals surface area (Å²) in [6.45, 7) is 1.27. The van der Waals surface area contributed by atoms with Gasteiger partial charge in [0, 0.05) is 68.7 Å². The first-order valence-electron chi connectivity index (χ1n) is 16.2. The summed E-state index contributed by atoms with van der Waals surface area (Å²) in [7, 11) is 0. The van der Waals surface area contributed by atoms with Crippen molar-refractivity contribution in [2.24, 2.45) is 0 Å². The molecular formula is C36H35F6N3O4. The van der Waals surface area contributed by atoms with Crippen molar-refractivity contribution < 1.29 is 45.5 Å². The van der Waals surface area contributed by atoms with Gasteiger partial charge in [0.1, 0.15) is 5.60 Å². The number of halogens is 6. The topological polar surface area (TPSA) is 70.2 Å². The molecule has 3 aliphatic heterocycles. The highest BCUT2D eigenvalue weighted by Gasteiger charge is 2.47. The molecule has 1 unspecified atom stereocenters. The zero-order valence-electron chi connectivity index (χ0n) is 26.5. The van der Waals surface area contributed by atoms with Crippen LogP contribution >= 0.6 is 0 Å². The van der Waals surface area contributed by atoms with Gasteiger partial charge in [-0.05, 0) is 55.2 Å². The number of likely N-dealkylation sites (tertiary alicyclic amines) is 2. The van der Waals surface area contributed by atoms with E-state index in [1.807, 2.05) is 18.2 Å². The highest BCUT2D eigenvalue weighted by molar-refractivity contribution is 5.95. The SMILES string of the molecule is O=C(c1ccccc1)N1CCC2(CC1)CCN(C1CCN(C(=O)c3cc(C(F)(F)F)cc(C(F)(F)F)c3)[C@H](Cc3ccccc3)C1)C(=O)O2. The van der Waals surface area contributed by atoms with E-state index in [-0.39, 0.29) is 43.8 Å². The molecule has 3 aromatic carbocycles. The Bertz CT molecular complexity index is 1640. The Morgan fingerprint density at radius 3 is 1.88 bits per heavy atom. The lowest BCUT2D eigenvalue weighted by Gasteiger charge is -2.49. The quantitative estimate of drug-likeness (QED) is 0.261. The average Bonchev–Trinajstić information content (AvgIpc) is 3.08. The average molecular weight is 688 g/mol. The molecule has 0 aromatic heterocycles. The summed E-state index contributed by atoms with van der Waals surface area (Å²) >= 11 is 0. The van der Waals surface area contributed by atoms with Crippen molar-refractivity contribution in [3.05, 3.63) is 107 Å². The summed E-state index contributed by atoms with van der Waals surface area (Å²) < 4.78 is 87.6. The van der Waals surface area contributed by atoms with Crippen LogP contribution in [0.15, 0.2) is 78.9 Å². The molecule has 13 heteroatoms. The lowest BCUT2D eigenvalue weighted by Crippen LogP contribution is -2.60. The molecule has 1 spiro atoms. The number of piperidine rings is 2. The molecule has 3 aliphatic rings. The minimum Gasteiger partial charge on any atom is -0.443 e. The number of alkyl halides is 6. The molecule has 0 N–H and O–H groups in total. The van der Waals surface area contributed by atoms with Gasteiger partial charge in [-0.25, -0.2) is 4.79 Å². The van der Waals surface area contributed by atoms with Crippen LogP contribution in [0.5, 0.6) is 0 Å². The molecule has 2 atom stereocenters. The van der Waals surface area contributed by atoms with Gasteiger partial charge in [0.15, 0.2) is 0 Å². The van der Waals surface area contributed by atoms with Crippen LogP contribution in [0.4, 0.5) is 31.1 Å². The molecule has 3 fully saturated rings. The number of hydrogen-bond donors (Lipinski definition) is 0. The molecule has 0 radical (unpaired) electrons. The third-order valence-corrected chi connectivity index (χ3v) is 9.87. The molecule has 49 heavy (non-hydrogen) atoms. The lowest BCUT2D eigenvalue weighted by atomic mass is 9.85. The fraction of sp³-hybridized carbons (Fsp3) is 0.417. The molecule has 7 nitrogen and oxygen atoms in total. The second-order valence-corrected chi connectivity index (χ2v) is 13.0. The summed E-state index contributed by atoms with van der Waals surface area (Å²) in [6.07, 6.45) is -8.36. The number of amides is 3. The van der Waals surface area contributed by atoms with Crippen molar-refractivity contribution in [3.63, 3.8) is 0 Å². The number of benzene rings is 3. The Morgan fingerprint density at radius 2 is 1.31 bits per heavy atom. The largest absolute Gasteiger partial charge is 0.443 e. The maximum Gasteiger partial charge on any atom is 0.416 e. The van der Waals surface area contributed by atoms with Crippen molar-refractivity contribution in [1.82, 2.24) is 14.7 Å². The van der Waals surface area contributed by atoms with Gasteiger partial charge in [-0.1, -0.05) is 48.5 Å². The van der Waals surface area contributed by atoms with Gasteiger partial charge in [0.25, 0.3) is 11.8 Å². The van der Waals surface area contributed by atoms with E-state index in [4.69, 9.17) is 4.74 Å². The van der Waals surface area contributed by atoms with Gasteiger partial charge in [-0.15, -0.1) is 0 Å². The van der Waals surface area contributed by atoms with E-state index in [1.165, 1.54) is 4.90 Å². The van der Waals surface area contributed by atoms with Crippen molar-refractivity contribution in [2.75, 3.05) is 26.2 Å². The molecule has 0 bridgehead atoms. The first-order chi connectivity index (χ1) is 23.2. The number of carbonyl (C=O) groups excluding carboxylic acids is 3. The van der Waals surface area contributed by atoms with Crippen molar-refractivity contribution in [3.8, 4) is 0 Å². The predicted molar refractivity (Wildman–Crippen MR) is 167 cm³/mol. The van der Waals surface area contributed by atoms with Gasteiger partial charge in [0.05, 0.1) is 11.1 Å². The number of rotatable bonds is 5. The molecular weight excluding hydrogens is 652 g/mol. The van der Waals surface area contributed by atoms with E-state index in [2.05, 4.69) is 0 Å². The predicted octanol–water partition coefficient (Wildman–Crippen LogP) is 7.46. The van der Waals surface area contributed by atoms with E-state index in [0.29, 0.717) is 56.6 Å². The van der Waals surface area contributed by atoms with Crippen LogP contribution in [-0.4, -0.2) is 76.5 Å². The third-order valence-electron chi connectivity index (χ3n) is 9.87. The maximum atomic E-state index is 13.7. The van der Waals surface area contributed by atoms with Crippen molar-refractivity contribution in [2.45, 2.75) is 68.6 Å². The maximum absolute atomic E-state index is 13.7. The van der Waals surface area contributed by atoms with E-state index >= 15 is 0 Å². The fourth-order valence-electron chi connectivity index (χ4n) is 7.18. The van der Waals surface area contributed by atoms with Crippen LogP contribution in [0, 0.1) is 0 Å². The first kappa shape index (κ1) is 34.3. The lowest BCUT2D eigenvalue weighted by molar-refractivity contribution is -0.143. The van der Waals surface area contributed by atoms with E-state index in [9.17, 15) is 40.7 Å². The number of carbonyl (C=O) groups is 3. The number of hydrogen-bond acceptors (Lipinski definition) is 4. The van der Waals surface area contributed by atoms with Gasteiger partial charge in [-0.2, -0.15) is 26.3 Å². The minimum atomic E-state index is -5.09. The van der Waals surface area contributed by atoms with Gasteiger partial charge < -0.3 is 19.4 Å². The van der Waals surface area contributed by atoms with Crippen LogP contribution in [0.1, 0.15) is 69.5 Å². The standard InChI is InChI=1S/C36H35F6N3O4/c37-35(38,39)27-20-26(21-28(22-27)36(40,41)42)32(47)44-15-11-29(23-30(44)19-24-7-3-1-4-8-24)45-18-14-34(49-33(45)48)12-16-43(17-13-34)31(46)25-9-5-2-6-10-25/h1-10,20-22,29-30H,11-19,23H2/t29?,30-/m1/s1. The van der Waals surface area contributed by atoms with Crippen molar-refractivity contribution >= 4 is 17.9 Å². The Balaban J connectivity index is 1.17. The molecule has 3 aromatic rings. The van der Waals surface area contributed by atoms with E-state index in [1.54, 1.807) is 52.3 Å². The monoisotopic (exact) mass is 687 g/mol. The summed E-state index contributed by atoms with van der Waals surface area (Å²) in [5, 5.41) is 0. The second kappa shape index (κ2) is 13.4. The molecule has 6 rings (SSSR count).